The standard InChI is InChI=1S/C25H32N2O3S/c28-19-4-3-17-10-23-14-24(20(17)9-19)11-18(21(29)26-5-7-31-8-6-26)12-25(24,30)22(23)27(15-23)13-16-1-2-16/h3-4,9,16,18,22,28,30H,1-2,5-8,10-15H2/t18-,22-,23?,24?,25?/m1/s1. The van der Waals surface area contributed by atoms with Crippen LogP contribution in [0.5, 0.6) is 5.75 Å². The number of carbonyl (C=O) groups excluding carboxylic acids is 1. The molecule has 166 valence electrons. The fourth-order valence-corrected chi connectivity index (χ4v) is 9.38. The number of thioether (sulfide) groups is 1. The first-order valence-corrected chi connectivity index (χ1v) is 13.3. The third kappa shape index (κ3) is 2.45. The van der Waals surface area contributed by atoms with E-state index < -0.39 is 11.0 Å². The number of aliphatic hydroxyl groups is 1. The zero-order valence-corrected chi connectivity index (χ0v) is 18.9. The molecule has 2 saturated heterocycles. The van der Waals surface area contributed by atoms with Crippen molar-refractivity contribution in [3.05, 3.63) is 29.3 Å². The molecular formula is C25H32N2O3S. The highest BCUT2D eigenvalue weighted by molar-refractivity contribution is 7.99. The number of likely N-dealkylation sites (tertiary alicyclic amines) is 1. The van der Waals surface area contributed by atoms with Crippen LogP contribution in [0.4, 0.5) is 0 Å². The first-order valence-electron chi connectivity index (χ1n) is 12.1. The lowest BCUT2D eigenvalue weighted by atomic mass is 9.61. The van der Waals surface area contributed by atoms with Crippen LogP contribution in [0.15, 0.2) is 18.2 Å². The quantitative estimate of drug-likeness (QED) is 0.756. The van der Waals surface area contributed by atoms with Crippen LogP contribution >= 0.6 is 11.8 Å². The van der Waals surface area contributed by atoms with Crippen LogP contribution in [0.1, 0.15) is 43.2 Å². The molecule has 5 atom stereocenters. The predicted molar refractivity (Wildman–Crippen MR) is 120 cm³/mol. The number of nitrogens with zero attached hydrogens (tertiary/aromatic N) is 2. The molecular weight excluding hydrogens is 408 g/mol. The van der Waals surface area contributed by atoms with E-state index in [2.05, 4.69) is 11.0 Å². The molecule has 6 heteroatoms. The van der Waals surface area contributed by atoms with Gasteiger partial charge in [0.1, 0.15) is 5.75 Å². The lowest BCUT2D eigenvalue weighted by Gasteiger charge is -2.58. The fourth-order valence-electron chi connectivity index (χ4n) is 8.47. The highest BCUT2D eigenvalue weighted by Gasteiger charge is 2.80. The normalized spacial score (nSPS) is 43.2. The van der Waals surface area contributed by atoms with Gasteiger partial charge in [0.25, 0.3) is 0 Å². The van der Waals surface area contributed by atoms with E-state index >= 15 is 0 Å². The van der Waals surface area contributed by atoms with Crippen LogP contribution in [-0.4, -0.2) is 75.2 Å². The van der Waals surface area contributed by atoms with Gasteiger partial charge in [-0.3, -0.25) is 9.69 Å². The second-order valence-electron chi connectivity index (χ2n) is 11.4. The smallest absolute Gasteiger partial charge is 0.225 e. The summed E-state index contributed by atoms with van der Waals surface area (Å²) in [7, 11) is 0. The maximum absolute atomic E-state index is 13.5. The van der Waals surface area contributed by atoms with E-state index in [-0.39, 0.29) is 29.0 Å². The van der Waals surface area contributed by atoms with E-state index in [0.717, 1.165) is 68.4 Å². The van der Waals surface area contributed by atoms with Crippen molar-refractivity contribution in [1.82, 2.24) is 9.80 Å². The summed E-state index contributed by atoms with van der Waals surface area (Å²) in [6.07, 6.45) is 5.93. The molecule has 1 aromatic carbocycles. The number of phenols is 1. The van der Waals surface area contributed by atoms with Gasteiger partial charge in [-0.2, -0.15) is 11.8 Å². The average Bonchev–Trinajstić information content (AvgIpc) is 3.50. The van der Waals surface area contributed by atoms with Gasteiger partial charge in [0.05, 0.1) is 5.60 Å². The van der Waals surface area contributed by atoms with Gasteiger partial charge < -0.3 is 15.1 Å². The van der Waals surface area contributed by atoms with E-state index in [1.807, 2.05) is 22.7 Å². The SMILES string of the molecule is O=C([C@@H]1CC23CC4(Cc5ccc(O)cc52)CN(CC2CC2)[C@H]4C3(O)C1)N1CCSCC1. The van der Waals surface area contributed by atoms with Gasteiger partial charge in [0.15, 0.2) is 0 Å². The molecule has 0 radical (unpaired) electrons. The molecule has 31 heavy (non-hydrogen) atoms. The summed E-state index contributed by atoms with van der Waals surface area (Å²) >= 11 is 1.92. The van der Waals surface area contributed by atoms with Gasteiger partial charge in [-0.1, -0.05) is 6.07 Å². The molecule has 1 amide bonds. The number of fused-ring (bicyclic) bond motifs is 2. The zero-order valence-electron chi connectivity index (χ0n) is 18.1. The third-order valence-electron chi connectivity index (χ3n) is 9.56. The number of hydrogen-bond acceptors (Lipinski definition) is 5. The van der Waals surface area contributed by atoms with Gasteiger partial charge in [-0.25, -0.2) is 0 Å². The van der Waals surface area contributed by atoms with Gasteiger partial charge in [0.2, 0.25) is 5.91 Å². The first-order chi connectivity index (χ1) is 14.9. The average molecular weight is 441 g/mol. The van der Waals surface area contributed by atoms with Crippen LogP contribution in [0.2, 0.25) is 0 Å². The Morgan fingerprint density at radius 3 is 2.77 bits per heavy atom. The lowest BCUT2D eigenvalue weighted by molar-refractivity contribution is -0.149. The molecule has 3 unspecified atom stereocenters. The number of amides is 1. The number of carbonyl (C=O) groups is 1. The molecule has 2 heterocycles. The minimum absolute atomic E-state index is 0.109. The Kier molecular flexibility index (Phi) is 3.85. The monoisotopic (exact) mass is 440 g/mol. The Morgan fingerprint density at radius 2 is 2.00 bits per heavy atom. The third-order valence-corrected chi connectivity index (χ3v) is 10.5. The van der Waals surface area contributed by atoms with Crippen molar-refractivity contribution in [3.63, 3.8) is 0 Å². The molecule has 2 aliphatic heterocycles. The zero-order chi connectivity index (χ0) is 21.0. The Bertz CT molecular complexity index is 960. The summed E-state index contributed by atoms with van der Waals surface area (Å²) in [4.78, 5) is 18.1. The van der Waals surface area contributed by atoms with Crippen molar-refractivity contribution in [3.8, 4) is 5.75 Å². The summed E-state index contributed by atoms with van der Waals surface area (Å²) in [6, 6.07) is 5.95. The predicted octanol–water partition coefficient (Wildman–Crippen LogP) is 2.39. The summed E-state index contributed by atoms with van der Waals surface area (Å²) in [5.41, 5.74) is 1.30. The molecule has 6 aliphatic rings. The summed E-state index contributed by atoms with van der Waals surface area (Å²) in [5, 5.41) is 22.9. The number of rotatable bonds is 3. The van der Waals surface area contributed by atoms with Crippen LogP contribution in [0.25, 0.3) is 0 Å². The van der Waals surface area contributed by atoms with E-state index in [1.165, 1.54) is 18.4 Å². The number of hydrogen-bond donors (Lipinski definition) is 2. The second kappa shape index (κ2) is 6.21. The number of benzene rings is 1. The van der Waals surface area contributed by atoms with Gasteiger partial charge in [-0.05, 0) is 67.7 Å². The van der Waals surface area contributed by atoms with Crippen LogP contribution in [-0.2, 0) is 16.6 Å². The summed E-state index contributed by atoms with van der Waals surface area (Å²) in [5.74, 6) is 3.26. The Hall–Kier alpha value is -1.24. The molecule has 5 fully saturated rings. The largest absolute Gasteiger partial charge is 0.508 e. The van der Waals surface area contributed by atoms with Crippen molar-refractivity contribution in [2.75, 3.05) is 37.7 Å². The minimum Gasteiger partial charge on any atom is -0.508 e. The second-order valence-corrected chi connectivity index (χ2v) is 12.6. The molecule has 3 saturated carbocycles. The van der Waals surface area contributed by atoms with Gasteiger partial charge in [-0.15, -0.1) is 0 Å². The Morgan fingerprint density at radius 1 is 1.19 bits per heavy atom. The molecule has 7 rings (SSSR count). The summed E-state index contributed by atoms with van der Waals surface area (Å²) in [6.45, 7) is 3.86. The van der Waals surface area contributed by atoms with E-state index in [9.17, 15) is 15.0 Å². The maximum Gasteiger partial charge on any atom is 0.225 e. The Balaban J connectivity index is 1.30. The van der Waals surface area contributed by atoms with E-state index in [4.69, 9.17) is 0 Å². The molecule has 0 aromatic heterocycles. The van der Waals surface area contributed by atoms with E-state index in [0.29, 0.717) is 6.42 Å². The van der Waals surface area contributed by atoms with Crippen LogP contribution in [0, 0.1) is 17.3 Å². The van der Waals surface area contributed by atoms with Crippen molar-refractivity contribution in [2.45, 2.75) is 55.6 Å². The maximum atomic E-state index is 13.5. The highest BCUT2D eigenvalue weighted by Crippen LogP contribution is 2.73. The molecule has 2 N–H and O–H groups in total. The minimum atomic E-state index is -0.871. The Labute approximate surface area is 188 Å². The topological polar surface area (TPSA) is 64.0 Å². The van der Waals surface area contributed by atoms with Crippen molar-refractivity contribution >= 4 is 17.7 Å². The van der Waals surface area contributed by atoms with Gasteiger partial charge in [0, 0.05) is 60.5 Å². The molecule has 2 bridgehead atoms. The molecule has 2 spiro atoms. The molecule has 5 nitrogen and oxygen atoms in total. The van der Waals surface area contributed by atoms with Crippen LogP contribution in [0.3, 0.4) is 0 Å². The van der Waals surface area contributed by atoms with Crippen molar-refractivity contribution < 1.29 is 15.0 Å². The summed E-state index contributed by atoms with van der Waals surface area (Å²) < 4.78 is 0. The van der Waals surface area contributed by atoms with Gasteiger partial charge >= 0.3 is 0 Å². The van der Waals surface area contributed by atoms with Crippen molar-refractivity contribution in [1.29, 1.82) is 0 Å². The fraction of sp³-hybridized carbons (Fsp3) is 0.720. The highest BCUT2D eigenvalue weighted by atomic mass is 32.2. The lowest BCUT2D eigenvalue weighted by Crippen LogP contribution is -2.70. The molecule has 4 aliphatic carbocycles. The van der Waals surface area contributed by atoms with E-state index in [1.54, 1.807) is 6.07 Å². The van der Waals surface area contributed by atoms with Crippen molar-refractivity contribution in [2.24, 2.45) is 17.3 Å². The first kappa shape index (κ1) is 19.2. The number of aromatic hydroxyl groups is 1. The number of phenolic OH excluding ortho intramolecular Hbond substituents is 1. The molecule has 1 aromatic rings. The van der Waals surface area contributed by atoms with Crippen LogP contribution < -0.4 is 0 Å².